The van der Waals surface area contributed by atoms with E-state index in [2.05, 4.69) is 15.6 Å². The maximum Gasteiger partial charge on any atom is 0.425 e. The minimum Gasteiger partial charge on any atom is -0.480 e. The van der Waals surface area contributed by atoms with Crippen LogP contribution in [0.1, 0.15) is 22.8 Å². The Balaban J connectivity index is 1.77. The molecule has 1 atom stereocenters. The van der Waals surface area contributed by atoms with Gasteiger partial charge >= 0.3 is 6.18 Å². The number of pyridine rings is 1. The van der Waals surface area contributed by atoms with Crippen molar-refractivity contribution in [1.82, 2.24) is 4.98 Å². The number of amides is 1. The lowest BCUT2D eigenvalue weighted by molar-refractivity contribution is -0.189. The average Bonchev–Trinajstić information content (AvgIpc) is 3.24. The molecule has 34 heavy (non-hydrogen) atoms. The van der Waals surface area contributed by atoms with Crippen LogP contribution in [0.3, 0.4) is 0 Å². The number of nitrogens with one attached hydrogen (secondary N) is 2. The zero-order chi connectivity index (χ0) is 24.6. The Hall–Kier alpha value is -3.40. The van der Waals surface area contributed by atoms with E-state index in [1.54, 1.807) is 6.07 Å². The number of fused-ring (bicyclic) bond motifs is 1. The van der Waals surface area contributed by atoms with E-state index in [4.69, 9.17) is 16.3 Å². The van der Waals surface area contributed by atoms with Crippen LogP contribution in [0.4, 0.5) is 33.5 Å². The number of aromatic nitrogens is 1. The van der Waals surface area contributed by atoms with Gasteiger partial charge in [-0.15, -0.1) is 0 Å². The molecule has 0 aliphatic carbocycles. The quantitative estimate of drug-likeness (QED) is 0.410. The number of anilines is 2. The number of benzene rings is 2. The van der Waals surface area contributed by atoms with E-state index in [-0.39, 0.29) is 16.3 Å². The number of ether oxygens (including phenoxy) is 1. The standard InChI is InChI=1S/C23H17ClF5N3O2/c1-11(23(27,28)29)34-19-10-13(18-6-5-12-7-8-30-21(12)31-18)17(26)9-14(19)22(33)32-20-15(24)3-2-4-16(20)25/h2-6,9-11H,7-8H2,1H3,(H,30,31)(H,32,33). The summed E-state index contributed by atoms with van der Waals surface area (Å²) in [5, 5.41) is 5.06. The number of carbonyl (C=O) groups excluding carboxylic acids is 1. The van der Waals surface area contributed by atoms with E-state index in [0.29, 0.717) is 12.4 Å². The number of halogens is 6. The van der Waals surface area contributed by atoms with Crippen molar-refractivity contribution in [2.75, 3.05) is 17.2 Å². The molecule has 0 fully saturated rings. The number of hydrogen-bond acceptors (Lipinski definition) is 4. The summed E-state index contributed by atoms with van der Waals surface area (Å²) in [5.41, 5.74) is -0.0829. The fraction of sp³-hybridized carbons (Fsp3) is 0.217. The highest BCUT2D eigenvalue weighted by atomic mass is 35.5. The van der Waals surface area contributed by atoms with E-state index in [1.807, 2.05) is 0 Å². The molecule has 5 nitrogen and oxygen atoms in total. The molecule has 3 aromatic rings. The molecule has 2 heterocycles. The van der Waals surface area contributed by atoms with Crippen LogP contribution in [0.15, 0.2) is 42.5 Å². The van der Waals surface area contributed by atoms with E-state index >= 15 is 4.39 Å². The van der Waals surface area contributed by atoms with Gasteiger partial charge in [-0.05, 0) is 49.2 Å². The Morgan fingerprint density at radius 1 is 1.18 bits per heavy atom. The molecule has 1 aliphatic rings. The zero-order valence-corrected chi connectivity index (χ0v) is 18.3. The summed E-state index contributed by atoms with van der Waals surface area (Å²) in [6.45, 7) is 1.40. The summed E-state index contributed by atoms with van der Waals surface area (Å²) in [6.07, 6.45) is -6.34. The van der Waals surface area contributed by atoms with Gasteiger partial charge in [-0.2, -0.15) is 13.2 Å². The van der Waals surface area contributed by atoms with Crippen molar-refractivity contribution in [1.29, 1.82) is 0 Å². The predicted octanol–water partition coefficient (Wildman–Crippen LogP) is 6.23. The van der Waals surface area contributed by atoms with Crippen molar-refractivity contribution in [3.05, 3.63) is 70.2 Å². The number of alkyl halides is 3. The van der Waals surface area contributed by atoms with Gasteiger partial charge in [0.25, 0.3) is 5.91 Å². The van der Waals surface area contributed by atoms with Crippen molar-refractivity contribution < 1.29 is 31.5 Å². The summed E-state index contributed by atoms with van der Waals surface area (Å²) in [4.78, 5) is 17.2. The third kappa shape index (κ3) is 4.77. The van der Waals surface area contributed by atoms with Crippen molar-refractivity contribution in [3.63, 3.8) is 0 Å². The summed E-state index contributed by atoms with van der Waals surface area (Å²) in [5.74, 6) is -2.92. The van der Waals surface area contributed by atoms with Gasteiger partial charge in [-0.3, -0.25) is 4.79 Å². The Morgan fingerprint density at radius 3 is 2.65 bits per heavy atom. The van der Waals surface area contributed by atoms with Gasteiger partial charge in [-0.25, -0.2) is 13.8 Å². The molecular weight excluding hydrogens is 481 g/mol. The lowest BCUT2D eigenvalue weighted by atomic mass is 10.0. The molecule has 1 aromatic heterocycles. The molecule has 1 unspecified atom stereocenters. The lowest BCUT2D eigenvalue weighted by Crippen LogP contribution is -2.32. The van der Waals surface area contributed by atoms with Crippen molar-refractivity contribution in [2.45, 2.75) is 25.6 Å². The largest absolute Gasteiger partial charge is 0.480 e. The summed E-state index contributed by atoms with van der Waals surface area (Å²) < 4.78 is 73.8. The van der Waals surface area contributed by atoms with Crippen LogP contribution >= 0.6 is 11.6 Å². The maximum absolute atomic E-state index is 15.1. The maximum atomic E-state index is 15.1. The van der Waals surface area contributed by atoms with E-state index in [9.17, 15) is 22.4 Å². The van der Waals surface area contributed by atoms with E-state index in [1.165, 1.54) is 18.2 Å². The highest BCUT2D eigenvalue weighted by Crippen LogP contribution is 2.35. The van der Waals surface area contributed by atoms with Crippen LogP contribution in [0.25, 0.3) is 11.3 Å². The average molecular weight is 498 g/mol. The Labute approximate surface area is 195 Å². The van der Waals surface area contributed by atoms with Gasteiger partial charge in [0.1, 0.15) is 23.2 Å². The molecule has 1 amide bonds. The van der Waals surface area contributed by atoms with Gasteiger partial charge in [0.05, 0.1) is 22.0 Å². The summed E-state index contributed by atoms with van der Waals surface area (Å²) in [6, 6.07) is 8.60. The first kappa shape index (κ1) is 23.7. The molecule has 4 rings (SSSR count). The molecule has 1 aliphatic heterocycles. The highest BCUT2D eigenvalue weighted by Gasteiger charge is 2.39. The fourth-order valence-electron chi connectivity index (χ4n) is 3.39. The first-order valence-corrected chi connectivity index (χ1v) is 10.5. The highest BCUT2D eigenvalue weighted by molar-refractivity contribution is 6.34. The Kier molecular flexibility index (Phi) is 6.35. The Bertz CT molecular complexity index is 1250. The van der Waals surface area contributed by atoms with Gasteiger partial charge in [-0.1, -0.05) is 23.7 Å². The predicted molar refractivity (Wildman–Crippen MR) is 117 cm³/mol. The summed E-state index contributed by atoms with van der Waals surface area (Å²) in [7, 11) is 0. The van der Waals surface area contributed by atoms with Crippen molar-refractivity contribution in [3.8, 4) is 17.0 Å². The second-order valence-corrected chi connectivity index (χ2v) is 7.97. The molecule has 0 saturated carbocycles. The topological polar surface area (TPSA) is 63.2 Å². The first-order valence-electron chi connectivity index (χ1n) is 10.1. The lowest BCUT2D eigenvalue weighted by Gasteiger charge is -2.21. The normalized spacial score (nSPS) is 13.7. The summed E-state index contributed by atoms with van der Waals surface area (Å²) >= 11 is 5.90. The molecule has 0 saturated heterocycles. The van der Waals surface area contributed by atoms with Crippen LogP contribution in [-0.2, 0) is 6.42 Å². The van der Waals surface area contributed by atoms with Gasteiger partial charge < -0.3 is 15.4 Å². The third-order valence-electron chi connectivity index (χ3n) is 5.22. The SMILES string of the molecule is CC(Oc1cc(-c2ccc3c(n2)NCC3)c(F)cc1C(=O)Nc1c(F)cccc1Cl)C(F)(F)F. The van der Waals surface area contributed by atoms with Gasteiger partial charge in [0, 0.05) is 12.1 Å². The van der Waals surface area contributed by atoms with Gasteiger partial charge in [0.15, 0.2) is 6.10 Å². The minimum absolute atomic E-state index is 0.138. The number of carbonyl (C=O) groups is 1. The molecule has 178 valence electrons. The molecular formula is C23H17ClF5N3O2. The molecule has 2 aromatic carbocycles. The van der Waals surface area contributed by atoms with E-state index in [0.717, 1.165) is 37.1 Å². The monoisotopic (exact) mass is 497 g/mol. The van der Waals surface area contributed by atoms with Crippen LogP contribution in [0, 0.1) is 11.6 Å². The first-order chi connectivity index (χ1) is 16.0. The van der Waals surface area contributed by atoms with Crippen molar-refractivity contribution >= 4 is 29.0 Å². The van der Waals surface area contributed by atoms with Crippen LogP contribution < -0.4 is 15.4 Å². The van der Waals surface area contributed by atoms with Crippen molar-refractivity contribution in [2.24, 2.45) is 0 Å². The smallest absolute Gasteiger partial charge is 0.425 e. The molecule has 0 radical (unpaired) electrons. The number of rotatable bonds is 5. The Morgan fingerprint density at radius 2 is 1.94 bits per heavy atom. The molecule has 11 heteroatoms. The second-order valence-electron chi connectivity index (χ2n) is 7.56. The molecule has 2 N–H and O–H groups in total. The number of para-hydroxylation sites is 1. The van der Waals surface area contributed by atoms with E-state index < -0.39 is 46.8 Å². The minimum atomic E-state index is -4.76. The van der Waals surface area contributed by atoms with Gasteiger partial charge in [0.2, 0.25) is 0 Å². The molecule has 0 bridgehead atoms. The molecule has 0 spiro atoms. The third-order valence-corrected chi connectivity index (χ3v) is 5.54. The fourth-order valence-corrected chi connectivity index (χ4v) is 3.60. The second kappa shape index (κ2) is 9.09. The van der Waals surface area contributed by atoms with Crippen LogP contribution in [0.2, 0.25) is 5.02 Å². The number of nitrogens with zero attached hydrogens (tertiary/aromatic N) is 1. The van der Waals surface area contributed by atoms with Crippen LogP contribution in [0.5, 0.6) is 5.75 Å². The van der Waals surface area contributed by atoms with Crippen LogP contribution in [-0.4, -0.2) is 29.7 Å². The zero-order valence-electron chi connectivity index (χ0n) is 17.6. The number of hydrogen-bond donors (Lipinski definition) is 2.